The van der Waals surface area contributed by atoms with Gasteiger partial charge in [0.05, 0.1) is 0 Å². The number of halogens is 3. The Morgan fingerprint density at radius 1 is 0.511 bits per heavy atom. The molecule has 1 aliphatic carbocycles. The van der Waals surface area contributed by atoms with Gasteiger partial charge in [0.25, 0.3) is 0 Å². The minimum absolute atomic E-state index is 0. The van der Waals surface area contributed by atoms with Gasteiger partial charge in [-0.3, -0.25) is 0 Å². The summed E-state index contributed by atoms with van der Waals surface area (Å²) >= 11 is 2.61. The van der Waals surface area contributed by atoms with Gasteiger partial charge >= 0.3 is 269 Å². The predicted octanol–water partition coefficient (Wildman–Crippen LogP) is 9.19. The maximum absolute atomic E-state index is 2.78. The number of aryl methyl sites for hydroxylation is 6. The predicted molar refractivity (Wildman–Crippen MR) is 204 cm³/mol. The van der Waals surface area contributed by atoms with E-state index in [9.17, 15) is 0 Å². The summed E-state index contributed by atoms with van der Waals surface area (Å²) in [5.74, 6) is 0. The Morgan fingerprint density at radius 2 is 0.822 bits per heavy atom. The molecule has 0 fully saturated rings. The number of allylic oxidation sites excluding steroid dienone is 1. The SMILES string of the molecule is CCc1cc(CC)cc([Si](c2cc(CC)cc(CC)c2)(c2cc(CC)cc(CC)c2)[C]2([Ti])C(C)=Cc3ccccc32)c1.Cl.Cl.Cl. The molecule has 239 valence electrons. The third kappa shape index (κ3) is 6.87. The van der Waals surface area contributed by atoms with E-state index in [1.807, 2.05) is 0 Å². The van der Waals surface area contributed by atoms with Gasteiger partial charge in [-0.05, 0) is 0 Å². The second-order valence-electron chi connectivity index (χ2n) is 12.2. The number of benzene rings is 4. The van der Waals surface area contributed by atoms with Crippen LogP contribution in [0.25, 0.3) is 6.08 Å². The molecule has 0 nitrogen and oxygen atoms in total. The molecule has 0 aliphatic heterocycles. The molecular formula is C40H50Cl3SiTi. The van der Waals surface area contributed by atoms with E-state index in [4.69, 9.17) is 0 Å². The van der Waals surface area contributed by atoms with E-state index < -0.39 is 8.07 Å². The van der Waals surface area contributed by atoms with Crippen molar-refractivity contribution in [3.8, 4) is 0 Å². The van der Waals surface area contributed by atoms with Gasteiger partial charge in [-0.15, -0.1) is 37.2 Å². The molecule has 4 aromatic rings. The minimum Gasteiger partial charge on any atom is -0.147 e. The van der Waals surface area contributed by atoms with E-state index in [0.29, 0.717) is 0 Å². The monoisotopic (exact) mass is 711 g/mol. The van der Waals surface area contributed by atoms with Crippen molar-refractivity contribution in [3.63, 3.8) is 0 Å². The molecule has 0 saturated heterocycles. The van der Waals surface area contributed by atoms with Crippen molar-refractivity contribution in [1.82, 2.24) is 0 Å². The number of hydrogen-bond donors (Lipinski definition) is 0. The zero-order valence-electron chi connectivity index (χ0n) is 28.1. The summed E-state index contributed by atoms with van der Waals surface area (Å²) in [6.45, 7) is 16.3. The smallest absolute Gasteiger partial charge is 0.147 e. The van der Waals surface area contributed by atoms with Crippen LogP contribution in [0, 0.1) is 0 Å². The Labute approximate surface area is 304 Å². The van der Waals surface area contributed by atoms with E-state index in [1.54, 1.807) is 15.6 Å². The first-order valence-corrected chi connectivity index (χ1v) is 19.0. The van der Waals surface area contributed by atoms with E-state index >= 15 is 0 Å². The summed E-state index contributed by atoms with van der Waals surface area (Å²) < 4.78 is -0.143. The standard InChI is InChI=1S/C40H47Si.3ClH.Ti/c1-8-29-19-30(9-2)23-36(22-29)41(37-24-31(10-3)20-32(11-4)25-37,38-26-33(12-5)21-34(13-6)27-38)40-28(7)18-35-16-14-15-17-39(35)40;;;;/h14-27H,8-13H2,1-7H3;3*1H;. The molecule has 1 aliphatic rings. The summed E-state index contributed by atoms with van der Waals surface area (Å²) in [7, 11) is -2.78. The first-order valence-electron chi connectivity index (χ1n) is 16.2. The van der Waals surface area contributed by atoms with Crippen LogP contribution in [0.1, 0.15) is 93.0 Å². The molecule has 0 spiro atoms. The molecule has 0 heterocycles. The molecule has 0 aromatic heterocycles. The summed E-state index contributed by atoms with van der Waals surface area (Å²) in [5, 5.41) is 4.70. The van der Waals surface area contributed by atoms with Gasteiger partial charge in [-0.2, -0.15) is 0 Å². The molecule has 0 amide bonds. The maximum Gasteiger partial charge on any atom is -0.147 e. The molecule has 1 atom stereocenters. The fourth-order valence-corrected chi connectivity index (χ4v) is 15.8. The molecule has 1 unspecified atom stereocenters. The number of fused-ring (bicyclic) bond motifs is 1. The van der Waals surface area contributed by atoms with Crippen molar-refractivity contribution in [1.29, 1.82) is 0 Å². The van der Waals surface area contributed by atoms with Gasteiger partial charge in [-0.25, -0.2) is 0 Å². The Balaban J connectivity index is 0.00000235. The third-order valence-corrected chi connectivity index (χ3v) is 17.8. The van der Waals surface area contributed by atoms with E-state index in [-0.39, 0.29) is 40.6 Å². The van der Waals surface area contributed by atoms with Gasteiger partial charge in [0, 0.05) is 0 Å². The van der Waals surface area contributed by atoms with Gasteiger partial charge in [0.1, 0.15) is 0 Å². The van der Waals surface area contributed by atoms with Crippen LogP contribution in [0.5, 0.6) is 0 Å². The normalized spacial score (nSPS) is 15.3. The molecule has 0 N–H and O–H groups in total. The first-order chi connectivity index (χ1) is 20.3. The second kappa shape index (κ2) is 16.5. The second-order valence-corrected chi connectivity index (χ2v) is 18.1. The average molecular weight is 713 g/mol. The molecule has 0 bridgehead atoms. The zero-order valence-corrected chi connectivity index (χ0v) is 33.1. The Bertz CT molecular complexity index is 1440. The number of hydrogen-bond acceptors (Lipinski definition) is 0. The topological polar surface area (TPSA) is 0 Å². The Hall–Kier alpha value is -1.58. The van der Waals surface area contributed by atoms with Gasteiger partial charge in [-0.1, -0.05) is 0 Å². The molecule has 4 aromatic carbocycles. The fourth-order valence-electron chi connectivity index (χ4n) is 7.33. The summed E-state index contributed by atoms with van der Waals surface area (Å²) in [6, 6.07) is 32.3. The number of rotatable bonds is 10. The summed E-state index contributed by atoms with van der Waals surface area (Å²) in [6.07, 6.45) is 8.82. The molecule has 5 heteroatoms. The van der Waals surface area contributed by atoms with Crippen LogP contribution in [0.2, 0.25) is 0 Å². The van der Waals surface area contributed by atoms with Crippen molar-refractivity contribution < 1.29 is 20.4 Å². The summed E-state index contributed by atoms with van der Waals surface area (Å²) in [4.78, 5) is 0. The van der Waals surface area contributed by atoms with Crippen LogP contribution in [-0.2, 0) is 62.3 Å². The molecular weight excluding hydrogens is 663 g/mol. The van der Waals surface area contributed by atoms with E-state index in [2.05, 4.69) is 154 Å². The van der Waals surface area contributed by atoms with Crippen LogP contribution in [0.4, 0.5) is 0 Å². The first kappa shape index (κ1) is 39.6. The Morgan fingerprint density at radius 3 is 1.13 bits per heavy atom. The van der Waals surface area contributed by atoms with Crippen LogP contribution < -0.4 is 15.6 Å². The van der Waals surface area contributed by atoms with Crippen molar-refractivity contribution in [2.24, 2.45) is 0 Å². The largest absolute Gasteiger partial charge is 0.147 e. The molecule has 0 radical (unpaired) electrons. The minimum atomic E-state index is -2.78. The molecule has 45 heavy (non-hydrogen) atoms. The van der Waals surface area contributed by atoms with Crippen molar-refractivity contribution >= 4 is 66.9 Å². The third-order valence-electron chi connectivity index (χ3n) is 9.80. The van der Waals surface area contributed by atoms with Gasteiger partial charge < -0.3 is 0 Å². The van der Waals surface area contributed by atoms with Gasteiger partial charge in [0.2, 0.25) is 0 Å². The van der Waals surface area contributed by atoms with Crippen molar-refractivity contribution in [2.45, 2.75) is 90.3 Å². The molecule has 5 rings (SSSR count). The maximum atomic E-state index is 2.61. The van der Waals surface area contributed by atoms with Crippen molar-refractivity contribution in [2.75, 3.05) is 0 Å². The average Bonchev–Trinajstić information content (AvgIpc) is 3.30. The quantitative estimate of drug-likeness (QED) is 0.114. The van der Waals surface area contributed by atoms with Crippen LogP contribution in [-0.4, -0.2) is 8.07 Å². The van der Waals surface area contributed by atoms with Crippen LogP contribution >= 0.6 is 37.2 Å². The van der Waals surface area contributed by atoms with Gasteiger partial charge in [0.15, 0.2) is 0 Å². The van der Waals surface area contributed by atoms with Crippen LogP contribution in [0.3, 0.4) is 0 Å². The van der Waals surface area contributed by atoms with E-state index in [1.165, 1.54) is 50.1 Å². The van der Waals surface area contributed by atoms with E-state index in [0.717, 1.165) is 38.5 Å². The van der Waals surface area contributed by atoms with Crippen LogP contribution in [0.15, 0.2) is 84.4 Å². The fraction of sp³-hybridized carbons (Fsp3) is 0.350. The van der Waals surface area contributed by atoms with Crippen molar-refractivity contribution in [3.05, 3.63) is 129 Å². The zero-order chi connectivity index (χ0) is 30.1. The molecule has 0 saturated carbocycles. The summed E-state index contributed by atoms with van der Waals surface area (Å²) in [5.41, 5.74) is 13.1. The Kier molecular flexibility index (Phi) is 14.5.